The van der Waals surface area contributed by atoms with Crippen LogP contribution in [0.5, 0.6) is 0 Å². The highest BCUT2D eigenvalue weighted by Gasteiger charge is 2.30. The van der Waals surface area contributed by atoms with E-state index >= 15 is 0 Å². The van der Waals surface area contributed by atoms with Crippen molar-refractivity contribution in [2.24, 2.45) is 0 Å². The number of anilines is 2. The number of hydrogen-bond donors (Lipinski definition) is 1. The predicted octanol–water partition coefficient (Wildman–Crippen LogP) is 3.62. The minimum absolute atomic E-state index is 0.0661. The molecular weight excluding hydrogens is 357 g/mol. The van der Waals surface area contributed by atoms with Crippen LogP contribution in [0.1, 0.15) is 22.8 Å². The molecule has 1 aliphatic rings. The monoisotopic (exact) mass is 378 g/mol. The molecule has 1 aliphatic heterocycles. The van der Waals surface area contributed by atoms with Crippen LogP contribution in [0, 0.1) is 0 Å². The number of pyridine rings is 1. The average Bonchev–Trinajstić information content (AvgIpc) is 2.67. The van der Waals surface area contributed by atoms with Gasteiger partial charge in [0, 0.05) is 43.6 Å². The first-order valence-corrected chi connectivity index (χ1v) is 8.79. The van der Waals surface area contributed by atoms with Crippen LogP contribution in [0.15, 0.2) is 42.6 Å². The van der Waals surface area contributed by atoms with Crippen molar-refractivity contribution in [2.45, 2.75) is 13.1 Å². The van der Waals surface area contributed by atoms with Crippen molar-refractivity contribution < 1.29 is 18.0 Å². The number of nitrogens with one attached hydrogen (secondary N) is 1. The topological polar surface area (TPSA) is 48.5 Å². The summed E-state index contributed by atoms with van der Waals surface area (Å²) in [6.07, 6.45) is -2.85. The Hall–Kier alpha value is -2.61. The molecule has 2 heterocycles. The summed E-state index contributed by atoms with van der Waals surface area (Å²) in [7, 11) is 0. The van der Waals surface area contributed by atoms with Gasteiger partial charge in [-0.3, -0.25) is 4.79 Å². The second-order valence-corrected chi connectivity index (χ2v) is 6.36. The van der Waals surface area contributed by atoms with Gasteiger partial charge in [0.25, 0.3) is 5.91 Å². The number of alkyl halides is 3. The summed E-state index contributed by atoms with van der Waals surface area (Å²) in [5.41, 5.74) is 0.261. The van der Waals surface area contributed by atoms with Crippen molar-refractivity contribution in [3.63, 3.8) is 0 Å². The molecule has 2 aromatic rings. The number of carbonyl (C=O) groups excluding carboxylic acids is 1. The van der Waals surface area contributed by atoms with Gasteiger partial charge in [0.2, 0.25) is 0 Å². The van der Waals surface area contributed by atoms with E-state index < -0.39 is 11.7 Å². The number of rotatable bonds is 4. The number of aromatic nitrogens is 1. The van der Waals surface area contributed by atoms with E-state index in [0.29, 0.717) is 30.2 Å². The van der Waals surface area contributed by atoms with Crippen LogP contribution in [-0.2, 0) is 6.18 Å². The minimum atomic E-state index is -4.37. The summed E-state index contributed by atoms with van der Waals surface area (Å²) in [6.45, 7) is 6.12. The molecule has 27 heavy (non-hydrogen) atoms. The molecule has 3 rings (SSSR count). The van der Waals surface area contributed by atoms with Crippen molar-refractivity contribution in [1.82, 2.24) is 14.8 Å². The molecule has 0 atom stereocenters. The van der Waals surface area contributed by atoms with Gasteiger partial charge in [-0.15, -0.1) is 0 Å². The highest BCUT2D eigenvalue weighted by molar-refractivity contribution is 5.95. The molecule has 1 aromatic heterocycles. The highest BCUT2D eigenvalue weighted by atomic mass is 19.4. The first-order chi connectivity index (χ1) is 12.9. The van der Waals surface area contributed by atoms with Gasteiger partial charge in [-0.1, -0.05) is 6.92 Å². The largest absolute Gasteiger partial charge is 0.416 e. The fourth-order valence-corrected chi connectivity index (χ4v) is 2.97. The van der Waals surface area contributed by atoms with Crippen molar-refractivity contribution in [3.05, 3.63) is 53.7 Å². The lowest BCUT2D eigenvalue weighted by Gasteiger charge is -2.34. The van der Waals surface area contributed by atoms with Gasteiger partial charge in [0.15, 0.2) is 0 Å². The summed E-state index contributed by atoms with van der Waals surface area (Å²) in [6, 6.07) is 7.94. The van der Waals surface area contributed by atoms with E-state index in [1.54, 1.807) is 12.1 Å². The van der Waals surface area contributed by atoms with Crippen LogP contribution in [0.2, 0.25) is 0 Å². The number of nitrogens with zero attached hydrogens (tertiary/aromatic N) is 3. The number of carbonyl (C=O) groups is 1. The normalized spacial score (nSPS) is 15.6. The fourth-order valence-electron chi connectivity index (χ4n) is 2.97. The third kappa shape index (κ3) is 4.77. The molecule has 0 spiro atoms. The lowest BCUT2D eigenvalue weighted by Crippen LogP contribution is -2.48. The van der Waals surface area contributed by atoms with Crippen LogP contribution < -0.4 is 5.32 Å². The van der Waals surface area contributed by atoms with Crippen molar-refractivity contribution >= 4 is 17.4 Å². The minimum Gasteiger partial charge on any atom is -0.340 e. The molecule has 0 saturated carbocycles. The first-order valence-electron chi connectivity index (χ1n) is 8.79. The van der Waals surface area contributed by atoms with Crippen molar-refractivity contribution in [1.29, 1.82) is 0 Å². The SMILES string of the molecule is CCN1CCN(C(=O)c2ccnc(Nc3ccc(C(F)(F)F)cc3)c2)CC1. The molecule has 0 bridgehead atoms. The Bertz CT molecular complexity index is 784. The Balaban J connectivity index is 1.67. The van der Waals surface area contributed by atoms with Crippen LogP contribution in [0.3, 0.4) is 0 Å². The zero-order valence-electron chi connectivity index (χ0n) is 15.0. The Kier molecular flexibility index (Phi) is 5.65. The maximum atomic E-state index is 12.7. The molecule has 0 unspecified atom stereocenters. The summed E-state index contributed by atoms with van der Waals surface area (Å²) < 4.78 is 37.9. The van der Waals surface area contributed by atoms with Gasteiger partial charge >= 0.3 is 6.18 Å². The lowest BCUT2D eigenvalue weighted by atomic mass is 10.2. The molecule has 1 amide bonds. The third-order valence-electron chi connectivity index (χ3n) is 4.60. The van der Waals surface area contributed by atoms with Gasteiger partial charge in [-0.05, 0) is 42.9 Å². The molecule has 1 saturated heterocycles. The zero-order chi connectivity index (χ0) is 19.4. The number of amides is 1. The van der Waals surface area contributed by atoms with Gasteiger partial charge < -0.3 is 15.1 Å². The van der Waals surface area contributed by atoms with Gasteiger partial charge in [-0.25, -0.2) is 4.98 Å². The smallest absolute Gasteiger partial charge is 0.340 e. The van der Waals surface area contributed by atoms with Crippen LogP contribution >= 0.6 is 0 Å². The highest BCUT2D eigenvalue weighted by Crippen LogP contribution is 2.30. The van der Waals surface area contributed by atoms with Gasteiger partial charge in [-0.2, -0.15) is 13.2 Å². The average molecular weight is 378 g/mol. The molecule has 144 valence electrons. The first kappa shape index (κ1) is 19.2. The van der Waals surface area contributed by atoms with Gasteiger partial charge in [0.1, 0.15) is 5.82 Å². The van der Waals surface area contributed by atoms with E-state index in [0.717, 1.165) is 31.8 Å². The molecule has 0 aliphatic carbocycles. The zero-order valence-corrected chi connectivity index (χ0v) is 15.0. The summed E-state index contributed by atoms with van der Waals surface area (Å²) in [5.74, 6) is 0.344. The number of likely N-dealkylation sites (N-methyl/N-ethyl adjacent to an activating group) is 1. The standard InChI is InChI=1S/C19H21F3N4O/c1-2-25-9-11-26(12-10-25)18(27)14-7-8-23-17(13-14)24-16-5-3-15(4-6-16)19(20,21)22/h3-8,13H,2,9-12H2,1H3,(H,23,24). The number of hydrogen-bond acceptors (Lipinski definition) is 4. The van der Waals surface area contributed by atoms with E-state index in [-0.39, 0.29) is 5.91 Å². The fraction of sp³-hybridized carbons (Fsp3) is 0.368. The number of benzene rings is 1. The van der Waals surface area contributed by atoms with Crippen molar-refractivity contribution in [3.8, 4) is 0 Å². The second-order valence-electron chi connectivity index (χ2n) is 6.36. The van der Waals surface area contributed by atoms with Crippen LogP contribution in [0.4, 0.5) is 24.7 Å². The summed E-state index contributed by atoms with van der Waals surface area (Å²) in [5, 5.41) is 2.94. The Morgan fingerprint density at radius 1 is 1.11 bits per heavy atom. The Labute approximate surface area is 155 Å². The second kappa shape index (κ2) is 7.96. The Morgan fingerprint density at radius 3 is 2.37 bits per heavy atom. The Morgan fingerprint density at radius 2 is 1.78 bits per heavy atom. The van der Waals surface area contributed by atoms with Crippen molar-refractivity contribution in [2.75, 3.05) is 38.0 Å². The molecular formula is C19H21F3N4O. The maximum Gasteiger partial charge on any atom is 0.416 e. The van der Waals surface area contributed by atoms with Crippen LogP contribution in [0.25, 0.3) is 0 Å². The van der Waals surface area contributed by atoms with E-state index in [9.17, 15) is 18.0 Å². The summed E-state index contributed by atoms with van der Waals surface area (Å²) >= 11 is 0. The molecule has 1 N–H and O–H groups in total. The maximum absolute atomic E-state index is 12.7. The van der Waals surface area contributed by atoms with Crippen LogP contribution in [-0.4, -0.2) is 53.4 Å². The third-order valence-corrected chi connectivity index (χ3v) is 4.60. The number of halogens is 3. The molecule has 1 aromatic carbocycles. The molecule has 0 radical (unpaired) electrons. The number of piperazine rings is 1. The van der Waals surface area contributed by atoms with E-state index in [4.69, 9.17) is 0 Å². The van der Waals surface area contributed by atoms with E-state index in [2.05, 4.69) is 22.1 Å². The molecule has 8 heteroatoms. The quantitative estimate of drug-likeness (QED) is 0.883. The summed E-state index contributed by atoms with van der Waals surface area (Å²) in [4.78, 5) is 20.9. The molecule has 1 fully saturated rings. The van der Waals surface area contributed by atoms with E-state index in [1.807, 2.05) is 4.90 Å². The van der Waals surface area contributed by atoms with E-state index in [1.165, 1.54) is 18.3 Å². The lowest BCUT2D eigenvalue weighted by molar-refractivity contribution is -0.137. The predicted molar refractivity (Wildman–Crippen MR) is 97.0 cm³/mol. The molecule has 5 nitrogen and oxygen atoms in total. The van der Waals surface area contributed by atoms with Gasteiger partial charge in [0.05, 0.1) is 5.56 Å².